The molecular weight excluding hydrogens is 275 g/mol. The number of rotatable bonds is 2. The topological polar surface area (TPSA) is 73.6 Å². The van der Waals surface area contributed by atoms with Gasteiger partial charge in [0.25, 0.3) is 5.91 Å². The smallest absolute Gasteiger partial charge is 0.255 e. The highest BCUT2D eigenvalue weighted by Crippen LogP contribution is 2.37. The molecule has 3 N–H and O–H groups in total. The van der Waals surface area contributed by atoms with Gasteiger partial charge in [0, 0.05) is 17.7 Å². The molecule has 1 heterocycles. The minimum atomic E-state index is -0.474. The molecule has 2 aromatic carbocycles. The molecule has 0 radical (unpaired) electrons. The Balaban J connectivity index is 1.86. The first-order valence-electron chi connectivity index (χ1n) is 6.39. The van der Waals surface area contributed by atoms with Gasteiger partial charge in [-0.1, -0.05) is 6.07 Å². The molecule has 1 aliphatic heterocycles. The first kappa shape index (κ1) is 13.2. The quantitative estimate of drug-likeness (QED) is 0.832. The number of nitrogens with two attached hydrogens (primary N) is 1. The molecule has 108 valence electrons. The summed E-state index contributed by atoms with van der Waals surface area (Å²) in [6.45, 7) is 0.898. The number of halogens is 1. The fraction of sp³-hybridized carbons (Fsp3) is 0.133. The van der Waals surface area contributed by atoms with Crippen LogP contribution in [0, 0.1) is 5.82 Å². The summed E-state index contributed by atoms with van der Waals surface area (Å²) < 4.78 is 24.0. The maximum Gasteiger partial charge on any atom is 0.255 e. The minimum Gasteiger partial charge on any atom is -0.486 e. The summed E-state index contributed by atoms with van der Waals surface area (Å²) in [5.74, 6) is 0.142. The number of benzene rings is 2. The number of anilines is 2. The van der Waals surface area contributed by atoms with Gasteiger partial charge in [0.1, 0.15) is 19.0 Å². The van der Waals surface area contributed by atoms with Crippen molar-refractivity contribution in [1.29, 1.82) is 0 Å². The lowest BCUT2D eigenvalue weighted by molar-refractivity contribution is 0.102. The van der Waals surface area contributed by atoms with Crippen molar-refractivity contribution >= 4 is 17.3 Å². The number of hydrogen-bond acceptors (Lipinski definition) is 4. The van der Waals surface area contributed by atoms with Crippen LogP contribution in [0.15, 0.2) is 36.4 Å². The molecule has 0 aromatic heterocycles. The monoisotopic (exact) mass is 288 g/mol. The molecular formula is C15H13FN2O3. The summed E-state index contributed by atoms with van der Waals surface area (Å²) >= 11 is 0. The van der Waals surface area contributed by atoms with Gasteiger partial charge in [-0.25, -0.2) is 4.39 Å². The summed E-state index contributed by atoms with van der Waals surface area (Å²) in [5.41, 5.74) is 6.84. The second-order valence-electron chi connectivity index (χ2n) is 4.55. The number of carbonyl (C=O) groups is 1. The van der Waals surface area contributed by atoms with Gasteiger partial charge < -0.3 is 20.5 Å². The Morgan fingerprint density at radius 1 is 1.14 bits per heavy atom. The van der Waals surface area contributed by atoms with Crippen molar-refractivity contribution in [3.05, 3.63) is 47.8 Å². The fourth-order valence-electron chi connectivity index (χ4n) is 2.04. The molecule has 3 rings (SSSR count). The summed E-state index contributed by atoms with van der Waals surface area (Å²) in [4.78, 5) is 12.1. The molecule has 1 aliphatic rings. The second kappa shape index (κ2) is 5.32. The second-order valence-corrected chi connectivity index (χ2v) is 4.55. The van der Waals surface area contributed by atoms with Crippen LogP contribution in [0.5, 0.6) is 11.5 Å². The van der Waals surface area contributed by atoms with Gasteiger partial charge in [0.05, 0.1) is 11.4 Å². The van der Waals surface area contributed by atoms with Crippen LogP contribution in [0.25, 0.3) is 0 Å². The van der Waals surface area contributed by atoms with Gasteiger partial charge in [0.2, 0.25) is 0 Å². The van der Waals surface area contributed by atoms with Gasteiger partial charge in [-0.15, -0.1) is 0 Å². The Kier molecular flexibility index (Phi) is 3.35. The summed E-state index contributed by atoms with van der Waals surface area (Å²) in [6.07, 6.45) is 0. The Morgan fingerprint density at radius 3 is 2.57 bits per heavy atom. The third-order valence-electron chi connectivity index (χ3n) is 3.05. The van der Waals surface area contributed by atoms with E-state index in [1.807, 2.05) is 0 Å². The molecule has 21 heavy (non-hydrogen) atoms. The Hall–Kier alpha value is -2.76. The minimum absolute atomic E-state index is 0.212. The molecule has 1 amide bonds. The van der Waals surface area contributed by atoms with Crippen LogP contribution in [-0.4, -0.2) is 19.1 Å². The van der Waals surface area contributed by atoms with Crippen LogP contribution in [-0.2, 0) is 0 Å². The summed E-state index contributed by atoms with van der Waals surface area (Å²) in [6, 6.07) is 8.61. The number of hydrogen-bond donors (Lipinski definition) is 2. The van der Waals surface area contributed by atoms with Crippen LogP contribution < -0.4 is 20.5 Å². The lowest BCUT2D eigenvalue weighted by Crippen LogP contribution is -2.17. The zero-order chi connectivity index (χ0) is 14.8. The molecule has 0 fully saturated rings. The SMILES string of the molecule is Nc1cc2c(cc1NC(=O)c1cccc(F)c1)OCCO2. The Morgan fingerprint density at radius 2 is 1.86 bits per heavy atom. The van der Waals surface area contributed by atoms with Crippen molar-refractivity contribution in [1.82, 2.24) is 0 Å². The van der Waals surface area contributed by atoms with Gasteiger partial charge in [0.15, 0.2) is 11.5 Å². The van der Waals surface area contributed by atoms with Gasteiger partial charge >= 0.3 is 0 Å². The largest absolute Gasteiger partial charge is 0.486 e. The molecule has 0 saturated carbocycles. The standard InChI is InChI=1S/C15H13FN2O3/c16-10-3-1-2-9(6-10)15(19)18-12-8-14-13(7-11(12)17)20-4-5-21-14/h1-3,6-8H,4-5,17H2,(H,18,19). The van der Waals surface area contributed by atoms with Gasteiger partial charge in [-0.05, 0) is 18.2 Å². The average Bonchev–Trinajstić information content (AvgIpc) is 2.48. The fourth-order valence-corrected chi connectivity index (χ4v) is 2.04. The molecule has 6 heteroatoms. The Labute approximate surface area is 120 Å². The number of nitrogen functional groups attached to an aromatic ring is 1. The van der Waals surface area contributed by atoms with Crippen LogP contribution >= 0.6 is 0 Å². The molecule has 0 atom stereocenters. The van der Waals surface area contributed by atoms with Crippen LogP contribution in [0.4, 0.5) is 15.8 Å². The van der Waals surface area contributed by atoms with Gasteiger partial charge in [-0.3, -0.25) is 4.79 Å². The number of nitrogens with one attached hydrogen (secondary N) is 1. The van der Waals surface area contributed by atoms with E-state index in [2.05, 4.69) is 5.32 Å². The molecule has 0 spiro atoms. The van der Waals surface area contributed by atoms with Crippen molar-refractivity contribution in [2.24, 2.45) is 0 Å². The molecule has 2 aromatic rings. The number of ether oxygens (including phenoxy) is 2. The molecule has 0 unspecified atom stereocenters. The maximum absolute atomic E-state index is 13.1. The predicted octanol–water partition coefficient (Wildman–Crippen LogP) is 2.43. The van der Waals surface area contributed by atoms with E-state index in [0.29, 0.717) is 36.1 Å². The van der Waals surface area contributed by atoms with Crippen molar-refractivity contribution in [3.8, 4) is 11.5 Å². The Bertz CT molecular complexity index is 703. The van der Waals surface area contributed by atoms with Gasteiger partial charge in [-0.2, -0.15) is 0 Å². The van der Waals surface area contributed by atoms with Crippen molar-refractivity contribution in [2.75, 3.05) is 24.3 Å². The highest BCUT2D eigenvalue weighted by molar-refractivity contribution is 6.06. The first-order valence-corrected chi connectivity index (χ1v) is 6.39. The zero-order valence-electron chi connectivity index (χ0n) is 11.1. The van der Waals surface area contributed by atoms with Crippen molar-refractivity contribution < 1.29 is 18.7 Å². The molecule has 0 saturated heterocycles. The lowest BCUT2D eigenvalue weighted by atomic mass is 10.2. The highest BCUT2D eigenvalue weighted by atomic mass is 19.1. The van der Waals surface area contributed by atoms with E-state index in [-0.39, 0.29) is 5.56 Å². The van der Waals surface area contributed by atoms with Crippen molar-refractivity contribution in [3.63, 3.8) is 0 Å². The van der Waals surface area contributed by atoms with Crippen LogP contribution in [0.3, 0.4) is 0 Å². The van der Waals surface area contributed by atoms with E-state index in [4.69, 9.17) is 15.2 Å². The normalized spacial score (nSPS) is 12.8. The summed E-state index contributed by atoms with van der Waals surface area (Å²) in [5, 5.41) is 2.64. The van der Waals surface area contributed by atoms with Crippen molar-refractivity contribution in [2.45, 2.75) is 0 Å². The molecule has 0 aliphatic carbocycles. The molecule has 0 bridgehead atoms. The third-order valence-corrected chi connectivity index (χ3v) is 3.05. The zero-order valence-corrected chi connectivity index (χ0v) is 11.1. The highest BCUT2D eigenvalue weighted by Gasteiger charge is 2.16. The van der Waals surface area contributed by atoms with E-state index < -0.39 is 11.7 Å². The number of fused-ring (bicyclic) bond motifs is 1. The number of carbonyl (C=O) groups excluding carboxylic acids is 1. The first-order chi connectivity index (χ1) is 10.1. The number of amides is 1. The van der Waals surface area contributed by atoms with E-state index in [1.54, 1.807) is 12.1 Å². The predicted molar refractivity (Wildman–Crippen MR) is 76.2 cm³/mol. The van der Waals surface area contributed by atoms with Crippen LogP contribution in [0.2, 0.25) is 0 Å². The van der Waals surface area contributed by atoms with E-state index in [0.717, 1.165) is 6.07 Å². The maximum atomic E-state index is 13.1. The van der Waals surface area contributed by atoms with E-state index in [1.165, 1.54) is 18.2 Å². The third kappa shape index (κ3) is 2.74. The molecule has 5 nitrogen and oxygen atoms in total. The summed E-state index contributed by atoms with van der Waals surface area (Å²) in [7, 11) is 0. The van der Waals surface area contributed by atoms with E-state index >= 15 is 0 Å². The lowest BCUT2D eigenvalue weighted by Gasteiger charge is -2.20. The average molecular weight is 288 g/mol. The van der Waals surface area contributed by atoms with E-state index in [9.17, 15) is 9.18 Å². The van der Waals surface area contributed by atoms with Crippen LogP contribution in [0.1, 0.15) is 10.4 Å².